The van der Waals surface area contributed by atoms with E-state index in [0.717, 1.165) is 31.6 Å². The number of carbonyl (C=O) groups excluding carboxylic acids is 2. The first kappa shape index (κ1) is 21.0. The number of aromatic nitrogens is 1. The Morgan fingerprint density at radius 2 is 1.97 bits per heavy atom. The zero-order valence-corrected chi connectivity index (χ0v) is 17.1. The highest BCUT2D eigenvalue weighted by Crippen LogP contribution is 2.37. The number of aliphatic hydroxyl groups excluding tert-OH is 1. The lowest BCUT2D eigenvalue weighted by Gasteiger charge is -2.29. The molecule has 0 bridgehead atoms. The van der Waals surface area contributed by atoms with E-state index in [0.29, 0.717) is 25.5 Å². The number of carbonyl (C=O) groups is 2. The van der Waals surface area contributed by atoms with Gasteiger partial charge in [-0.2, -0.15) is 0 Å². The summed E-state index contributed by atoms with van der Waals surface area (Å²) in [7, 11) is 0. The smallest absolute Gasteiger partial charge is 0.290 e. The van der Waals surface area contributed by atoms with Crippen LogP contribution in [0.1, 0.15) is 23.8 Å². The fraction of sp³-hybridized carbons (Fsp3) is 0.348. The number of allylic oxidation sites excluding steroid dienone is 1. The zero-order valence-electron chi connectivity index (χ0n) is 17.1. The standard InChI is InChI=1S/C23H25N3O5/c27-19(5-4-18-3-1-14-31-18)20-21(17-6-8-24-9-7-17)26(23(29)22(20)28)11-2-10-25-12-15-30-16-13-25/h1,3-9,14,21,28H,2,10-13,15-16H2/b5-4+/t21-/m0/s1. The van der Waals surface area contributed by atoms with Crippen LogP contribution in [0.2, 0.25) is 0 Å². The number of ether oxygens (including phenoxy) is 1. The van der Waals surface area contributed by atoms with E-state index in [9.17, 15) is 14.7 Å². The van der Waals surface area contributed by atoms with E-state index in [1.807, 2.05) is 0 Å². The van der Waals surface area contributed by atoms with Crippen molar-refractivity contribution in [1.29, 1.82) is 0 Å². The third-order valence-corrected chi connectivity index (χ3v) is 5.51. The molecule has 4 heterocycles. The minimum absolute atomic E-state index is 0.0744. The summed E-state index contributed by atoms with van der Waals surface area (Å²) in [5, 5.41) is 10.6. The highest BCUT2D eigenvalue weighted by Gasteiger charge is 2.42. The molecule has 1 atom stereocenters. The molecule has 4 rings (SSSR count). The molecule has 8 nitrogen and oxygen atoms in total. The van der Waals surface area contributed by atoms with Gasteiger partial charge in [-0.25, -0.2) is 0 Å². The van der Waals surface area contributed by atoms with Crippen LogP contribution in [0.4, 0.5) is 0 Å². The van der Waals surface area contributed by atoms with Gasteiger partial charge in [0.1, 0.15) is 5.76 Å². The fourth-order valence-electron chi connectivity index (χ4n) is 3.95. The van der Waals surface area contributed by atoms with E-state index < -0.39 is 23.5 Å². The van der Waals surface area contributed by atoms with Gasteiger partial charge < -0.3 is 19.2 Å². The summed E-state index contributed by atoms with van der Waals surface area (Å²) < 4.78 is 10.6. The molecule has 2 aliphatic heterocycles. The molecule has 8 heteroatoms. The van der Waals surface area contributed by atoms with Crippen LogP contribution in [0.3, 0.4) is 0 Å². The summed E-state index contributed by atoms with van der Waals surface area (Å²) in [6.45, 7) is 4.40. The quantitative estimate of drug-likeness (QED) is 0.651. The van der Waals surface area contributed by atoms with Crippen molar-refractivity contribution in [3.8, 4) is 0 Å². The molecule has 0 aromatic carbocycles. The van der Waals surface area contributed by atoms with Crippen molar-refractivity contribution in [2.24, 2.45) is 0 Å². The first-order valence-corrected chi connectivity index (χ1v) is 10.3. The molecule has 1 amide bonds. The summed E-state index contributed by atoms with van der Waals surface area (Å²) in [6, 6.07) is 6.30. The van der Waals surface area contributed by atoms with Gasteiger partial charge in [0.05, 0.1) is 31.1 Å². The second-order valence-corrected chi connectivity index (χ2v) is 7.46. The maximum atomic E-state index is 13.0. The van der Waals surface area contributed by atoms with E-state index in [1.165, 1.54) is 18.4 Å². The molecule has 0 spiro atoms. The lowest BCUT2D eigenvalue weighted by atomic mass is 9.96. The topological polar surface area (TPSA) is 96.1 Å². The Labute approximate surface area is 180 Å². The Kier molecular flexibility index (Phi) is 6.59. The van der Waals surface area contributed by atoms with Crippen LogP contribution < -0.4 is 0 Å². The predicted molar refractivity (Wildman–Crippen MR) is 113 cm³/mol. The average Bonchev–Trinajstić information content (AvgIpc) is 3.41. The van der Waals surface area contributed by atoms with Crippen molar-refractivity contribution in [3.05, 3.63) is 71.7 Å². The van der Waals surface area contributed by atoms with Gasteiger partial charge in [0.25, 0.3) is 5.91 Å². The number of nitrogens with zero attached hydrogens (tertiary/aromatic N) is 3. The van der Waals surface area contributed by atoms with Crippen molar-refractivity contribution >= 4 is 17.8 Å². The number of hydrogen-bond donors (Lipinski definition) is 1. The third kappa shape index (κ3) is 4.76. The number of ketones is 1. The number of morpholine rings is 1. The van der Waals surface area contributed by atoms with Gasteiger partial charge in [-0.05, 0) is 48.4 Å². The van der Waals surface area contributed by atoms with Gasteiger partial charge in [0, 0.05) is 38.6 Å². The van der Waals surface area contributed by atoms with E-state index in [2.05, 4.69) is 9.88 Å². The highest BCUT2D eigenvalue weighted by molar-refractivity contribution is 6.14. The maximum Gasteiger partial charge on any atom is 0.290 e. The van der Waals surface area contributed by atoms with Gasteiger partial charge in [0.15, 0.2) is 11.5 Å². The van der Waals surface area contributed by atoms with Gasteiger partial charge in [-0.1, -0.05) is 0 Å². The summed E-state index contributed by atoms with van der Waals surface area (Å²) in [6.07, 6.45) is 8.31. The molecule has 2 aliphatic rings. The Balaban J connectivity index is 1.54. The van der Waals surface area contributed by atoms with Crippen LogP contribution in [-0.4, -0.2) is 71.0 Å². The molecule has 1 fully saturated rings. The molecular weight excluding hydrogens is 398 g/mol. The molecule has 2 aromatic rings. The van der Waals surface area contributed by atoms with Crippen molar-refractivity contribution in [1.82, 2.24) is 14.8 Å². The highest BCUT2D eigenvalue weighted by atomic mass is 16.5. The first-order valence-electron chi connectivity index (χ1n) is 10.3. The first-order chi connectivity index (χ1) is 15.1. The molecule has 0 aliphatic carbocycles. The average molecular weight is 423 g/mol. The molecule has 1 N–H and O–H groups in total. The molecule has 0 radical (unpaired) electrons. The van der Waals surface area contributed by atoms with Crippen molar-refractivity contribution in [3.63, 3.8) is 0 Å². The van der Waals surface area contributed by atoms with Crippen molar-refractivity contribution in [2.45, 2.75) is 12.5 Å². The van der Waals surface area contributed by atoms with Gasteiger partial charge in [-0.15, -0.1) is 0 Å². The van der Waals surface area contributed by atoms with Crippen LogP contribution >= 0.6 is 0 Å². The number of amides is 1. The van der Waals surface area contributed by atoms with E-state index in [4.69, 9.17) is 9.15 Å². The number of aliphatic hydroxyl groups is 1. The summed E-state index contributed by atoms with van der Waals surface area (Å²) in [4.78, 5) is 33.8. The molecule has 0 saturated carbocycles. The summed E-state index contributed by atoms with van der Waals surface area (Å²) >= 11 is 0. The zero-order chi connectivity index (χ0) is 21.6. The Morgan fingerprint density at radius 3 is 2.68 bits per heavy atom. The fourth-order valence-corrected chi connectivity index (χ4v) is 3.95. The predicted octanol–water partition coefficient (Wildman–Crippen LogP) is 2.37. The number of furan rings is 1. The number of rotatable bonds is 8. The second kappa shape index (κ2) is 9.72. The number of pyridine rings is 1. The monoisotopic (exact) mass is 423 g/mol. The van der Waals surface area contributed by atoms with Crippen LogP contribution in [0.25, 0.3) is 6.08 Å². The Bertz CT molecular complexity index is 962. The van der Waals surface area contributed by atoms with Crippen LogP contribution in [0, 0.1) is 0 Å². The lowest BCUT2D eigenvalue weighted by molar-refractivity contribution is -0.129. The molecule has 1 saturated heterocycles. The molecular formula is C23H25N3O5. The van der Waals surface area contributed by atoms with Crippen molar-refractivity contribution in [2.75, 3.05) is 39.4 Å². The largest absolute Gasteiger partial charge is 0.503 e. The third-order valence-electron chi connectivity index (χ3n) is 5.51. The normalized spacial score (nSPS) is 20.2. The van der Waals surface area contributed by atoms with Crippen LogP contribution in [0.5, 0.6) is 0 Å². The molecule has 0 unspecified atom stereocenters. The molecule has 31 heavy (non-hydrogen) atoms. The van der Waals surface area contributed by atoms with E-state index in [1.54, 1.807) is 41.6 Å². The van der Waals surface area contributed by atoms with E-state index >= 15 is 0 Å². The molecule has 2 aromatic heterocycles. The Morgan fingerprint density at radius 1 is 1.19 bits per heavy atom. The number of hydrogen-bond acceptors (Lipinski definition) is 7. The van der Waals surface area contributed by atoms with Gasteiger partial charge in [-0.3, -0.25) is 19.5 Å². The lowest BCUT2D eigenvalue weighted by Crippen LogP contribution is -2.39. The Hall–Kier alpha value is -3.23. The van der Waals surface area contributed by atoms with Crippen molar-refractivity contribution < 1.29 is 23.8 Å². The molecule has 162 valence electrons. The van der Waals surface area contributed by atoms with Crippen LogP contribution in [0.15, 0.2) is 64.7 Å². The summed E-state index contributed by atoms with van der Waals surface area (Å²) in [5.41, 5.74) is 0.805. The minimum atomic E-state index is -0.658. The second-order valence-electron chi connectivity index (χ2n) is 7.46. The van der Waals surface area contributed by atoms with E-state index in [-0.39, 0.29) is 5.57 Å². The summed E-state index contributed by atoms with van der Waals surface area (Å²) in [5.74, 6) is -0.943. The minimum Gasteiger partial charge on any atom is -0.503 e. The van der Waals surface area contributed by atoms with Crippen LogP contribution in [-0.2, 0) is 14.3 Å². The van der Waals surface area contributed by atoms with Gasteiger partial charge in [0.2, 0.25) is 0 Å². The maximum absolute atomic E-state index is 13.0. The van der Waals surface area contributed by atoms with Gasteiger partial charge >= 0.3 is 0 Å². The SMILES string of the molecule is O=C(/C=C/c1ccco1)C1=C(O)C(=O)N(CCCN2CCOCC2)[C@H]1c1ccncc1.